The molecule has 4 bridgehead atoms. The molecule has 50 heavy (non-hydrogen) atoms. The van der Waals surface area contributed by atoms with E-state index in [1.165, 1.54) is 44.2 Å². The van der Waals surface area contributed by atoms with Gasteiger partial charge in [0.15, 0.2) is 11.6 Å². The van der Waals surface area contributed by atoms with Gasteiger partial charge in [0.2, 0.25) is 17.5 Å². The number of phenolic OH excluding ortho intramolecular Hbond substituents is 1. The topological polar surface area (TPSA) is 178 Å². The van der Waals surface area contributed by atoms with Crippen molar-refractivity contribution >= 4 is 40.6 Å². The molecule has 4 rings (SSSR count). The fraction of sp³-hybridized carbons (Fsp3) is 0.359. The molecule has 0 aromatic heterocycles. The smallest absolute Gasteiger partial charge is 0.248 e. The minimum absolute atomic E-state index is 0.0807. The normalized spacial score (nSPS) is 31.4. The fourth-order valence-corrected chi connectivity index (χ4v) is 5.73. The predicted molar refractivity (Wildman–Crippen MR) is 191 cm³/mol. The van der Waals surface area contributed by atoms with Crippen LogP contribution in [0.25, 0.3) is 0 Å². The number of aliphatic hydroxyl groups is 3. The molecule has 1 aromatic carbocycles. The highest BCUT2D eigenvalue weighted by Gasteiger charge is 2.38. The summed E-state index contributed by atoms with van der Waals surface area (Å²) >= 11 is 6.31. The third-order valence-electron chi connectivity index (χ3n) is 8.77. The number of hydrogen-bond acceptors (Lipinski definition) is 9. The number of carbonyl (C=O) groups excluding carboxylic acids is 5. The van der Waals surface area contributed by atoms with E-state index in [2.05, 4.69) is 5.32 Å². The summed E-state index contributed by atoms with van der Waals surface area (Å²) in [6.07, 6.45) is 12.2. The number of aliphatic hydroxyl groups excluding tert-OH is 3. The Bertz CT molecular complexity index is 1770. The van der Waals surface area contributed by atoms with Crippen LogP contribution in [0, 0.1) is 24.7 Å². The molecule has 5 N–H and O–H groups in total. The number of fused-ring (bicyclic) bond motifs is 18. The van der Waals surface area contributed by atoms with Crippen LogP contribution in [0.15, 0.2) is 88.7 Å². The lowest BCUT2D eigenvalue weighted by Crippen LogP contribution is -2.33. The summed E-state index contributed by atoms with van der Waals surface area (Å²) in [6, 6.07) is 1.25. The minimum atomic E-state index is -1.01. The van der Waals surface area contributed by atoms with Gasteiger partial charge in [-0.1, -0.05) is 87.1 Å². The van der Waals surface area contributed by atoms with Crippen LogP contribution in [0.4, 0.5) is 0 Å². The zero-order valence-electron chi connectivity index (χ0n) is 28.9. The molecule has 1 aliphatic carbocycles. The molecule has 10 nitrogen and oxygen atoms in total. The summed E-state index contributed by atoms with van der Waals surface area (Å²) in [5.74, 6) is -5.52. The highest BCUT2D eigenvalue weighted by Crippen LogP contribution is 2.37. The highest BCUT2D eigenvalue weighted by atomic mass is 35.5. The molecule has 11 heteroatoms. The summed E-state index contributed by atoms with van der Waals surface area (Å²) in [7, 11) is 0. The van der Waals surface area contributed by atoms with Crippen LogP contribution in [0.3, 0.4) is 0 Å². The number of aryl methyl sites for hydroxylation is 1. The van der Waals surface area contributed by atoms with E-state index < -0.39 is 81.0 Å². The molecule has 2 aliphatic heterocycles. The number of aromatic hydroxyl groups is 1. The van der Waals surface area contributed by atoms with Crippen LogP contribution in [-0.2, 0) is 9.59 Å². The average Bonchev–Trinajstić information content (AvgIpc) is 3.07. The minimum Gasteiger partial charge on any atom is -0.507 e. The molecule has 2 heterocycles. The molecular formula is C39H44ClNO9. The van der Waals surface area contributed by atoms with E-state index in [0.717, 1.165) is 6.08 Å². The summed E-state index contributed by atoms with van der Waals surface area (Å²) < 4.78 is 0. The Morgan fingerprint density at radius 1 is 0.760 bits per heavy atom. The number of allylic oxidation sites excluding steroid dienone is 8. The molecular weight excluding hydrogens is 662 g/mol. The van der Waals surface area contributed by atoms with Crippen LogP contribution in [-0.4, -0.2) is 67.8 Å². The molecule has 266 valence electrons. The number of hydrogen-bond donors (Lipinski definition) is 5. The largest absolute Gasteiger partial charge is 0.507 e. The number of amides is 1. The first kappa shape index (κ1) is 40.0. The van der Waals surface area contributed by atoms with Crippen molar-refractivity contribution in [1.29, 1.82) is 0 Å². The molecule has 0 unspecified atom stereocenters. The van der Waals surface area contributed by atoms with Crippen LogP contribution >= 0.6 is 11.6 Å². The Morgan fingerprint density at radius 3 is 2.10 bits per heavy atom. The zero-order valence-corrected chi connectivity index (χ0v) is 29.7. The number of halogens is 1. The lowest BCUT2D eigenvalue weighted by molar-refractivity contribution is -0.118. The van der Waals surface area contributed by atoms with Gasteiger partial charge in [-0.25, -0.2) is 0 Å². The maximum Gasteiger partial charge on any atom is 0.248 e. The molecule has 1 aromatic rings. The van der Waals surface area contributed by atoms with Gasteiger partial charge in [-0.15, -0.1) is 0 Å². The van der Waals surface area contributed by atoms with Gasteiger partial charge in [0, 0.05) is 41.4 Å². The first-order valence-electron chi connectivity index (χ1n) is 16.3. The van der Waals surface area contributed by atoms with E-state index in [-0.39, 0.29) is 41.2 Å². The second kappa shape index (κ2) is 17.4. The van der Waals surface area contributed by atoms with Crippen molar-refractivity contribution in [3.8, 4) is 5.75 Å². The summed E-state index contributed by atoms with van der Waals surface area (Å²) in [6.45, 7) is 9.66. The van der Waals surface area contributed by atoms with E-state index in [1.54, 1.807) is 58.1 Å². The van der Waals surface area contributed by atoms with Crippen LogP contribution in [0.1, 0.15) is 84.1 Å². The van der Waals surface area contributed by atoms with Gasteiger partial charge in [-0.2, -0.15) is 0 Å². The lowest BCUT2D eigenvalue weighted by atomic mass is 9.83. The Balaban J connectivity index is 2.05. The van der Waals surface area contributed by atoms with Crippen molar-refractivity contribution in [2.45, 2.75) is 72.7 Å². The van der Waals surface area contributed by atoms with Crippen molar-refractivity contribution in [2.75, 3.05) is 0 Å². The standard InChI is InChI=1S/C39H44ClNO9/c1-20-11-9-7-8-10-12-30(45)41-34-33(40)39(50)31-27(38(34)49)18-25(6)37(48)32(31)36(47)24(5)17-23(4)35(46)22(3)14-16-26(42)15-13-21(2)29(44)19-28(20)43/h7-14,16-18,20,22-23,26,28,35,42-43,46,48H,15,19H2,1-6H3,(H,41,45)/b8-7+,11-9-,12-10-,16-14-,21-13-,24-17+/t20-,22-,23-,26-,28-,35-/m0/s1. The molecule has 0 saturated carbocycles. The van der Waals surface area contributed by atoms with Crippen molar-refractivity contribution in [2.24, 2.45) is 17.8 Å². The van der Waals surface area contributed by atoms with E-state index in [1.807, 2.05) is 0 Å². The van der Waals surface area contributed by atoms with Crippen molar-refractivity contribution in [1.82, 2.24) is 5.32 Å². The molecule has 0 fully saturated rings. The highest BCUT2D eigenvalue weighted by molar-refractivity contribution is 6.51. The molecule has 3 aliphatic rings. The molecule has 0 spiro atoms. The monoisotopic (exact) mass is 705 g/mol. The molecule has 0 radical (unpaired) electrons. The number of rotatable bonds is 0. The average molecular weight is 706 g/mol. The zero-order chi connectivity index (χ0) is 37.4. The maximum absolute atomic E-state index is 13.8. The molecule has 1 amide bonds. The fourth-order valence-electron chi connectivity index (χ4n) is 5.51. The van der Waals surface area contributed by atoms with E-state index >= 15 is 0 Å². The van der Waals surface area contributed by atoms with Gasteiger partial charge >= 0.3 is 0 Å². The van der Waals surface area contributed by atoms with Gasteiger partial charge in [-0.3, -0.25) is 24.0 Å². The number of benzene rings is 1. The molecule has 0 saturated heterocycles. The van der Waals surface area contributed by atoms with Gasteiger partial charge < -0.3 is 25.7 Å². The number of phenols is 1. The SMILES string of the molecule is C/C1=C/C[C@H](O)/C=C\[C@H](C)[C@H](O)[C@@H](C)/C=C(\C)C(=O)c2c(O)c(C)cc3c2C(=O)C(Cl)=C(NC(=O)\C=C/C=C/C=C\[C@H](C)[C@@H](O)CC1=O)C3=O. The third kappa shape index (κ3) is 9.60. The van der Waals surface area contributed by atoms with Gasteiger partial charge in [-0.05, 0) is 50.0 Å². The van der Waals surface area contributed by atoms with Gasteiger partial charge in [0.05, 0.1) is 23.9 Å². The lowest BCUT2D eigenvalue weighted by Gasteiger charge is -2.23. The Morgan fingerprint density at radius 2 is 1.42 bits per heavy atom. The van der Waals surface area contributed by atoms with Crippen molar-refractivity contribution in [3.05, 3.63) is 111 Å². The van der Waals surface area contributed by atoms with Crippen molar-refractivity contribution in [3.63, 3.8) is 0 Å². The number of nitrogens with one attached hydrogen (secondary N) is 1. The van der Waals surface area contributed by atoms with E-state index in [4.69, 9.17) is 11.6 Å². The third-order valence-corrected chi connectivity index (χ3v) is 9.13. The second-order valence-electron chi connectivity index (χ2n) is 12.8. The Kier molecular flexibility index (Phi) is 13.9. The van der Waals surface area contributed by atoms with Gasteiger partial charge in [0.1, 0.15) is 16.5 Å². The maximum atomic E-state index is 13.8. The number of Topliss-reactive ketones (excluding diaryl/α,β-unsaturated/α-hetero) is 4. The van der Waals surface area contributed by atoms with E-state index in [9.17, 15) is 44.4 Å². The quantitative estimate of drug-likeness (QED) is 0.224. The summed E-state index contributed by atoms with van der Waals surface area (Å²) in [5.41, 5.74) is -0.886. The molecule has 6 atom stereocenters. The number of carbonyl (C=O) groups is 5. The first-order chi connectivity index (χ1) is 23.5. The van der Waals surface area contributed by atoms with Crippen LogP contribution in [0.2, 0.25) is 0 Å². The predicted octanol–water partition coefficient (Wildman–Crippen LogP) is 5.30. The first-order valence-corrected chi connectivity index (χ1v) is 16.7. The van der Waals surface area contributed by atoms with E-state index in [0.29, 0.717) is 5.57 Å². The van der Waals surface area contributed by atoms with Crippen molar-refractivity contribution < 1.29 is 44.4 Å². The summed E-state index contributed by atoms with van der Waals surface area (Å²) in [5, 5.41) is 44.7. The second-order valence-corrected chi connectivity index (χ2v) is 13.2. The Hall–Kier alpha value is -4.48. The van der Waals surface area contributed by atoms with Gasteiger partial charge in [0.25, 0.3) is 0 Å². The van der Waals surface area contributed by atoms with Crippen LogP contribution in [0.5, 0.6) is 5.75 Å². The Labute approximate surface area is 296 Å². The summed E-state index contributed by atoms with van der Waals surface area (Å²) in [4.78, 5) is 66.2. The number of ketones is 4. The van der Waals surface area contributed by atoms with Crippen LogP contribution < -0.4 is 5.32 Å².